The quantitative estimate of drug-likeness (QED) is 0.273. The molecule has 220 valence electrons. The summed E-state index contributed by atoms with van der Waals surface area (Å²) in [6.07, 6.45) is -7.39. The molecule has 0 radical (unpaired) electrons. The van der Waals surface area contributed by atoms with Crippen molar-refractivity contribution in [2.75, 3.05) is 18.0 Å². The molecule has 3 heterocycles. The zero-order chi connectivity index (χ0) is 30.2. The summed E-state index contributed by atoms with van der Waals surface area (Å²) in [6.45, 7) is 2.61. The predicted octanol–water partition coefficient (Wildman–Crippen LogP) is 5.92. The fourth-order valence-electron chi connectivity index (χ4n) is 5.09. The minimum atomic E-state index is -5.08. The van der Waals surface area contributed by atoms with Crippen LogP contribution in [0.4, 0.5) is 32.2 Å². The van der Waals surface area contributed by atoms with E-state index in [0.717, 1.165) is 28.4 Å². The van der Waals surface area contributed by atoms with Crippen LogP contribution in [0.3, 0.4) is 0 Å². The Bertz CT molecular complexity index is 1700. The Morgan fingerprint density at radius 2 is 1.83 bits per heavy atom. The van der Waals surface area contributed by atoms with Crippen LogP contribution in [0.25, 0.3) is 22.3 Å². The molecule has 1 fully saturated rings. The first-order valence-corrected chi connectivity index (χ1v) is 13.1. The number of aromatic nitrogens is 3. The number of aromatic amines is 1. The van der Waals surface area contributed by atoms with Gasteiger partial charge in [0.25, 0.3) is 12.0 Å². The molecule has 0 atom stereocenters. The number of H-pyrrole nitrogens is 1. The molecule has 0 unspecified atom stereocenters. The highest BCUT2D eigenvalue weighted by atomic mass is 19.4. The summed E-state index contributed by atoms with van der Waals surface area (Å²) in [5, 5.41) is 3.59. The summed E-state index contributed by atoms with van der Waals surface area (Å²) in [5.74, 6) is -2.45. The fourth-order valence-corrected chi connectivity index (χ4v) is 5.09. The zero-order valence-electron chi connectivity index (χ0n) is 22.2. The topological polar surface area (TPSA) is 91.0 Å². The molecule has 0 aliphatic carbocycles. The van der Waals surface area contributed by atoms with Crippen molar-refractivity contribution in [2.24, 2.45) is 5.92 Å². The van der Waals surface area contributed by atoms with Crippen molar-refractivity contribution in [3.63, 3.8) is 0 Å². The molecule has 1 aliphatic heterocycles. The van der Waals surface area contributed by atoms with E-state index in [1.165, 1.54) is 0 Å². The normalized spacial score (nSPS) is 14.5. The van der Waals surface area contributed by atoms with Crippen LogP contribution in [0.15, 0.2) is 53.3 Å². The second-order valence-corrected chi connectivity index (χ2v) is 10.1. The lowest BCUT2D eigenvalue weighted by atomic mass is 9.95. The molecule has 13 heteroatoms. The maximum atomic E-state index is 15.5. The van der Waals surface area contributed by atoms with Gasteiger partial charge in [-0.05, 0) is 43.5 Å². The van der Waals surface area contributed by atoms with Crippen molar-refractivity contribution in [1.29, 1.82) is 0 Å². The summed E-state index contributed by atoms with van der Waals surface area (Å²) in [7, 11) is 0. The molecule has 2 aromatic heterocycles. The molecule has 1 saturated heterocycles. The smallest absolute Gasteiger partial charge is 0.357 e. The Balaban J connectivity index is 1.30. The number of hydrogen-bond acceptors (Lipinski definition) is 5. The number of nitrogens with one attached hydrogen (secondary N) is 2. The third-order valence-corrected chi connectivity index (χ3v) is 7.30. The number of alkyl halides is 5. The lowest BCUT2D eigenvalue weighted by molar-refractivity contribution is -0.137. The van der Waals surface area contributed by atoms with Gasteiger partial charge in [0.1, 0.15) is 23.2 Å². The van der Waals surface area contributed by atoms with E-state index in [1.807, 2.05) is 42.2 Å². The van der Waals surface area contributed by atoms with Gasteiger partial charge in [-0.15, -0.1) is 0 Å². The third-order valence-electron chi connectivity index (χ3n) is 7.30. The molecule has 1 aliphatic rings. The van der Waals surface area contributed by atoms with Crippen LogP contribution in [-0.4, -0.2) is 33.9 Å². The van der Waals surface area contributed by atoms with Crippen LogP contribution < -0.4 is 15.8 Å². The minimum absolute atomic E-state index is 0.329. The van der Waals surface area contributed by atoms with E-state index in [4.69, 9.17) is 4.98 Å². The number of anilines is 1. The monoisotopic (exact) mass is 589 g/mol. The molecule has 42 heavy (non-hydrogen) atoms. The molecular weight excluding hydrogens is 564 g/mol. The summed E-state index contributed by atoms with van der Waals surface area (Å²) < 4.78 is 82.9. The number of piperidine rings is 1. The summed E-state index contributed by atoms with van der Waals surface area (Å²) in [4.78, 5) is 36.8. The SMILES string of the molecule is Cc1cccc2ccc(N3CCC(C(=O)NCc4ccc(C(F)(F)F)c(-c5nc(C(F)F)cc(=O)[nH]5)c4F)CC3)nc12. The van der Waals surface area contributed by atoms with E-state index in [-0.39, 0.29) is 5.56 Å². The highest BCUT2D eigenvalue weighted by molar-refractivity contribution is 5.83. The molecule has 0 bridgehead atoms. The number of amides is 1. The van der Waals surface area contributed by atoms with Gasteiger partial charge in [-0.3, -0.25) is 9.59 Å². The van der Waals surface area contributed by atoms with Crippen molar-refractivity contribution >= 4 is 22.6 Å². The second-order valence-electron chi connectivity index (χ2n) is 10.1. The van der Waals surface area contributed by atoms with Crippen LogP contribution >= 0.6 is 0 Å². The predicted molar refractivity (Wildman–Crippen MR) is 143 cm³/mol. The van der Waals surface area contributed by atoms with E-state index in [0.29, 0.717) is 38.1 Å². The van der Waals surface area contributed by atoms with Crippen LogP contribution in [0.5, 0.6) is 0 Å². The molecule has 5 rings (SSSR count). The largest absolute Gasteiger partial charge is 0.417 e. The van der Waals surface area contributed by atoms with E-state index in [2.05, 4.69) is 15.2 Å². The lowest BCUT2D eigenvalue weighted by Gasteiger charge is -2.32. The minimum Gasteiger partial charge on any atom is -0.357 e. The Morgan fingerprint density at radius 1 is 1.10 bits per heavy atom. The van der Waals surface area contributed by atoms with Crippen molar-refractivity contribution in [3.05, 3.63) is 87.1 Å². The third kappa shape index (κ3) is 5.95. The number of carbonyl (C=O) groups is 1. The first kappa shape index (κ1) is 29.1. The maximum absolute atomic E-state index is 15.5. The van der Waals surface area contributed by atoms with Gasteiger partial charge in [-0.1, -0.05) is 24.3 Å². The fraction of sp³-hybridized carbons (Fsp3) is 0.310. The van der Waals surface area contributed by atoms with Crippen molar-refractivity contribution in [1.82, 2.24) is 20.3 Å². The number of carbonyl (C=O) groups excluding carboxylic acids is 1. The first-order valence-electron chi connectivity index (χ1n) is 13.1. The number of benzene rings is 2. The Hall–Kier alpha value is -4.42. The molecule has 1 amide bonds. The van der Waals surface area contributed by atoms with Gasteiger partial charge in [-0.25, -0.2) is 23.1 Å². The first-order chi connectivity index (χ1) is 19.9. The van der Waals surface area contributed by atoms with E-state index < -0.39 is 65.0 Å². The summed E-state index contributed by atoms with van der Waals surface area (Å²) in [6, 6.07) is 11.7. The highest BCUT2D eigenvalue weighted by Gasteiger charge is 2.37. The zero-order valence-corrected chi connectivity index (χ0v) is 22.2. The summed E-state index contributed by atoms with van der Waals surface area (Å²) in [5.41, 5.74) is -3.33. The van der Waals surface area contributed by atoms with E-state index >= 15 is 4.39 Å². The van der Waals surface area contributed by atoms with Crippen molar-refractivity contribution in [3.8, 4) is 11.4 Å². The second kappa shape index (κ2) is 11.5. The Morgan fingerprint density at radius 3 is 2.52 bits per heavy atom. The van der Waals surface area contributed by atoms with Crippen molar-refractivity contribution < 1.29 is 31.1 Å². The van der Waals surface area contributed by atoms with Gasteiger partial charge in [-0.2, -0.15) is 13.2 Å². The van der Waals surface area contributed by atoms with Crippen LogP contribution in [0.1, 0.15) is 41.7 Å². The van der Waals surface area contributed by atoms with Crippen LogP contribution in [0.2, 0.25) is 0 Å². The Labute approximate surface area is 235 Å². The number of halogens is 6. The lowest BCUT2D eigenvalue weighted by Crippen LogP contribution is -2.40. The van der Waals surface area contributed by atoms with Gasteiger partial charge < -0.3 is 15.2 Å². The average molecular weight is 590 g/mol. The molecule has 4 aromatic rings. The molecule has 7 nitrogen and oxygen atoms in total. The number of para-hydroxylation sites is 1. The highest BCUT2D eigenvalue weighted by Crippen LogP contribution is 2.38. The van der Waals surface area contributed by atoms with Crippen LogP contribution in [0, 0.1) is 18.7 Å². The number of nitrogens with zero attached hydrogens (tertiary/aromatic N) is 3. The molecular formula is C29H25F6N5O2. The van der Waals surface area contributed by atoms with Crippen LogP contribution in [-0.2, 0) is 17.5 Å². The summed E-state index contributed by atoms with van der Waals surface area (Å²) >= 11 is 0. The Kier molecular flexibility index (Phi) is 7.93. The standard InChI is InChI=1S/C29H25F6N5O2/c1-15-3-2-4-16-6-8-21(38-25(15)16)40-11-9-17(10-12-40)28(42)36-14-18-5-7-19(29(33,34)35)23(24(18)30)27-37-20(26(31)32)13-22(41)39-27/h2-8,13,17,26H,9-12,14H2,1H3,(H,36,42)(H,37,39,41). The van der Waals surface area contributed by atoms with E-state index in [1.54, 1.807) is 0 Å². The van der Waals surface area contributed by atoms with Gasteiger partial charge in [0, 0.05) is 42.6 Å². The van der Waals surface area contributed by atoms with Gasteiger partial charge >= 0.3 is 6.18 Å². The molecule has 0 spiro atoms. The number of pyridine rings is 1. The molecule has 0 saturated carbocycles. The van der Waals surface area contributed by atoms with Gasteiger partial charge in [0.15, 0.2) is 0 Å². The van der Waals surface area contributed by atoms with Gasteiger partial charge in [0.2, 0.25) is 5.91 Å². The molecule has 2 N–H and O–H groups in total. The van der Waals surface area contributed by atoms with Gasteiger partial charge in [0.05, 0.1) is 16.6 Å². The maximum Gasteiger partial charge on any atom is 0.417 e. The molecule has 2 aromatic carbocycles. The number of fused-ring (bicyclic) bond motifs is 1. The number of hydrogen-bond donors (Lipinski definition) is 2. The average Bonchev–Trinajstić information content (AvgIpc) is 2.95. The number of rotatable bonds is 6. The van der Waals surface area contributed by atoms with Crippen molar-refractivity contribution in [2.45, 2.75) is 38.9 Å². The van der Waals surface area contributed by atoms with E-state index in [9.17, 15) is 31.5 Å². The number of aryl methyl sites for hydroxylation is 1.